The molecule has 0 spiro atoms. The molecule has 1 aliphatic rings. The zero-order valence-electron chi connectivity index (χ0n) is 12.0. The van der Waals surface area contributed by atoms with Gasteiger partial charge in [0.2, 0.25) is 0 Å². The van der Waals surface area contributed by atoms with Gasteiger partial charge in [-0.25, -0.2) is 4.98 Å². The Morgan fingerprint density at radius 2 is 1.84 bits per heavy atom. The Balaban J connectivity index is 1.94. The first kappa shape index (κ1) is 13.8. The molecule has 0 amide bonds. The molecule has 102 valence electrons. The smallest absolute Gasteiger partial charge is 0.128 e. The van der Waals surface area contributed by atoms with Gasteiger partial charge < -0.3 is 4.90 Å². The molecule has 0 atom stereocenters. The maximum absolute atomic E-state index is 4.54. The Morgan fingerprint density at radius 3 is 2.32 bits per heavy atom. The fourth-order valence-electron chi connectivity index (χ4n) is 2.34. The molecular formula is C16H23N3. The molecule has 2 rings (SSSR count). The van der Waals surface area contributed by atoms with E-state index in [1.807, 2.05) is 13.1 Å². The molecule has 0 radical (unpaired) electrons. The van der Waals surface area contributed by atoms with E-state index in [-0.39, 0.29) is 0 Å². The molecule has 1 aromatic heterocycles. The first-order valence-electron chi connectivity index (χ1n) is 6.80. The van der Waals surface area contributed by atoms with Crippen LogP contribution in [0.15, 0.2) is 37.1 Å². The maximum atomic E-state index is 4.54. The highest BCUT2D eigenvalue weighted by Gasteiger charge is 2.17. The summed E-state index contributed by atoms with van der Waals surface area (Å²) in [6.45, 7) is 17.2. The van der Waals surface area contributed by atoms with Crippen LogP contribution in [0.25, 0.3) is 5.57 Å². The second kappa shape index (κ2) is 6.02. The van der Waals surface area contributed by atoms with Gasteiger partial charge in [0.1, 0.15) is 5.82 Å². The van der Waals surface area contributed by atoms with Crippen molar-refractivity contribution in [1.29, 1.82) is 0 Å². The zero-order chi connectivity index (χ0) is 13.8. The van der Waals surface area contributed by atoms with Crippen LogP contribution in [0.3, 0.4) is 0 Å². The van der Waals surface area contributed by atoms with E-state index in [1.54, 1.807) is 0 Å². The molecule has 2 heterocycles. The van der Waals surface area contributed by atoms with Crippen LogP contribution in [-0.2, 0) is 0 Å². The van der Waals surface area contributed by atoms with Gasteiger partial charge in [0.05, 0.1) is 0 Å². The van der Waals surface area contributed by atoms with Gasteiger partial charge in [-0.2, -0.15) is 0 Å². The third-order valence-corrected chi connectivity index (χ3v) is 3.43. The van der Waals surface area contributed by atoms with E-state index in [2.05, 4.69) is 47.0 Å². The summed E-state index contributed by atoms with van der Waals surface area (Å²) in [6, 6.07) is 4.20. The Bertz CT molecular complexity index is 453. The van der Waals surface area contributed by atoms with Gasteiger partial charge in [-0.1, -0.05) is 18.7 Å². The Labute approximate surface area is 116 Å². The van der Waals surface area contributed by atoms with E-state index in [0.717, 1.165) is 49.7 Å². The average Bonchev–Trinajstić information content (AvgIpc) is 2.39. The predicted octanol–water partition coefficient (Wildman–Crippen LogP) is 2.81. The number of rotatable bonds is 4. The molecule has 3 heteroatoms. The quantitative estimate of drug-likeness (QED) is 0.773. The van der Waals surface area contributed by atoms with Crippen molar-refractivity contribution in [3.63, 3.8) is 0 Å². The summed E-state index contributed by atoms with van der Waals surface area (Å²) in [5.41, 5.74) is 3.41. The maximum Gasteiger partial charge on any atom is 0.128 e. The van der Waals surface area contributed by atoms with Crippen molar-refractivity contribution >= 4 is 11.4 Å². The van der Waals surface area contributed by atoms with Crippen LogP contribution >= 0.6 is 0 Å². The van der Waals surface area contributed by atoms with Gasteiger partial charge in [0, 0.05) is 38.9 Å². The van der Waals surface area contributed by atoms with Crippen molar-refractivity contribution in [3.05, 3.63) is 42.6 Å². The highest BCUT2D eigenvalue weighted by molar-refractivity contribution is 5.61. The van der Waals surface area contributed by atoms with Crippen LogP contribution in [0.4, 0.5) is 5.82 Å². The molecule has 0 N–H and O–H groups in total. The van der Waals surface area contributed by atoms with Gasteiger partial charge in [0.25, 0.3) is 0 Å². The summed E-state index contributed by atoms with van der Waals surface area (Å²) in [7, 11) is 0. The Morgan fingerprint density at radius 1 is 1.16 bits per heavy atom. The fraction of sp³-hybridized carbons (Fsp3) is 0.438. The number of nitrogens with zero attached hydrogens (tertiary/aromatic N) is 3. The van der Waals surface area contributed by atoms with E-state index >= 15 is 0 Å². The second-order valence-corrected chi connectivity index (χ2v) is 5.41. The van der Waals surface area contributed by atoms with E-state index in [9.17, 15) is 0 Å². The second-order valence-electron chi connectivity index (χ2n) is 5.41. The summed E-state index contributed by atoms with van der Waals surface area (Å²) in [6.07, 6.45) is 1.91. The average molecular weight is 257 g/mol. The SMILES string of the molecule is C=C(C)CN1CCN(c2ccc(C(=C)C)cn2)CC1. The number of allylic oxidation sites excluding steroid dienone is 1. The molecule has 0 aliphatic carbocycles. The molecule has 0 saturated carbocycles. The van der Waals surface area contributed by atoms with Crippen LogP contribution < -0.4 is 4.90 Å². The van der Waals surface area contributed by atoms with Crippen molar-refractivity contribution in [1.82, 2.24) is 9.88 Å². The molecule has 1 aromatic rings. The van der Waals surface area contributed by atoms with Crippen molar-refractivity contribution in [2.24, 2.45) is 0 Å². The molecule has 1 fully saturated rings. The number of hydrogen-bond acceptors (Lipinski definition) is 3. The minimum absolute atomic E-state index is 1.01. The van der Waals surface area contributed by atoms with E-state index < -0.39 is 0 Å². The first-order valence-corrected chi connectivity index (χ1v) is 6.80. The summed E-state index contributed by atoms with van der Waals surface area (Å²) in [5, 5.41) is 0. The van der Waals surface area contributed by atoms with Crippen molar-refractivity contribution < 1.29 is 0 Å². The lowest BCUT2D eigenvalue weighted by Gasteiger charge is -2.35. The summed E-state index contributed by atoms with van der Waals surface area (Å²) < 4.78 is 0. The molecule has 0 aromatic carbocycles. The molecule has 19 heavy (non-hydrogen) atoms. The lowest BCUT2D eigenvalue weighted by atomic mass is 10.1. The van der Waals surface area contributed by atoms with Crippen LogP contribution in [0, 0.1) is 0 Å². The van der Waals surface area contributed by atoms with Crippen LogP contribution in [0.2, 0.25) is 0 Å². The monoisotopic (exact) mass is 257 g/mol. The third-order valence-electron chi connectivity index (χ3n) is 3.43. The Hall–Kier alpha value is -1.61. The molecule has 1 aliphatic heterocycles. The number of pyridine rings is 1. The van der Waals surface area contributed by atoms with E-state index in [1.165, 1.54) is 5.57 Å². The topological polar surface area (TPSA) is 19.4 Å². The number of anilines is 1. The number of hydrogen-bond donors (Lipinski definition) is 0. The van der Waals surface area contributed by atoms with Crippen LogP contribution in [0.5, 0.6) is 0 Å². The molecule has 1 saturated heterocycles. The van der Waals surface area contributed by atoms with Gasteiger partial charge in [-0.05, 0) is 37.1 Å². The van der Waals surface area contributed by atoms with Crippen molar-refractivity contribution in [2.75, 3.05) is 37.6 Å². The van der Waals surface area contributed by atoms with Crippen molar-refractivity contribution in [3.8, 4) is 0 Å². The highest BCUT2D eigenvalue weighted by Crippen LogP contribution is 2.17. The fourth-order valence-corrected chi connectivity index (χ4v) is 2.34. The molecule has 0 bridgehead atoms. The Kier molecular flexibility index (Phi) is 4.38. The van der Waals surface area contributed by atoms with Crippen LogP contribution in [-0.4, -0.2) is 42.6 Å². The lowest BCUT2D eigenvalue weighted by Crippen LogP contribution is -2.47. The van der Waals surface area contributed by atoms with E-state index in [4.69, 9.17) is 0 Å². The van der Waals surface area contributed by atoms with Gasteiger partial charge in [-0.3, -0.25) is 4.90 Å². The minimum Gasteiger partial charge on any atom is -0.354 e. The first-order chi connectivity index (χ1) is 9.06. The van der Waals surface area contributed by atoms with Crippen LogP contribution in [0.1, 0.15) is 19.4 Å². The molecule has 0 unspecified atom stereocenters. The number of aromatic nitrogens is 1. The van der Waals surface area contributed by atoms with E-state index in [0.29, 0.717) is 0 Å². The zero-order valence-corrected chi connectivity index (χ0v) is 12.0. The standard InChI is InChI=1S/C16H23N3/c1-13(2)12-18-7-9-19(10-8-18)16-6-5-15(11-17-16)14(3)4/h5-6,11H,1,3,7-10,12H2,2,4H3. The lowest BCUT2D eigenvalue weighted by molar-refractivity contribution is 0.278. The normalized spacial score (nSPS) is 16.4. The highest BCUT2D eigenvalue weighted by atomic mass is 15.3. The van der Waals surface area contributed by atoms with Crippen molar-refractivity contribution in [2.45, 2.75) is 13.8 Å². The molecular weight excluding hydrogens is 234 g/mol. The predicted molar refractivity (Wildman–Crippen MR) is 82.4 cm³/mol. The van der Waals surface area contributed by atoms with Gasteiger partial charge in [0.15, 0.2) is 0 Å². The minimum atomic E-state index is 1.01. The van der Waals surface area contributed by atoms with Gasteiger partial charge >= 0.3 is 0 Å². The summed E-state index contributed by atoms with van der Waals surface area (Å²) >= 11 is 0. The number of piperazine rings is 1. The summed E-state index contributed by atoms with van der Waals surface area (Å²) in [5.74, 6) is 1.07. The van der Waals surface area contributed by atoms with Gasteiger partial charge in [-0.15, -0.1) is 0 Å². The largest absolute Gasteiger partial charge is 0.354 e. The third kappa shape index (κ3) is 3.67. The summed E-state index contributed by atoms with van der Waals surface area (Å²) in [4.78, 5) is 9.33. The molecule has 3 nitrogen and oxygen atoms in total.